The fourth-order valence-electron chi connectivity index (χ4n) is 3.08. The Morgan fingerprint density at radius 2 is 2.14 bits per heavy atom. The first-order valence-corrected chi connectivity index (χ1v) is 9.30. The van der Waals surface area contributed by atoms with E-state index >= 15 is 0 Å². The van der Waals surface area contributed by atoms with E-state index in [0.717, 1.165) is 23.4 Å². The molecular formula is C20H24N6O3. The third kappa shape index (κ3) is 5.28. The number of imidazole rings is 1. The number of ether oxygens (including phenoxy) is 1. The number of rotatable bonds is 7. The maximum atomic E-state index is 12.0. The van der Waals surface area contributed by atoms with Gasteiger partial charge in [-0.3, -0.25) is 15.1 Å². The molecule has 1 saturated carbocycles. The Morgan fingerprint density at radius 3 is 2.76 bits per heavy atom. The normalized spacial score (nSPS) is 18.1. The molecule has 9 heteroatoms. The summed E-state index contributed by atoms with van der Waals surface area (Å²) >= 11 is 0. The Morgan fingerprint density at radius 1 is 1.41 bits per heavy atom. The van der Waals surface area contributed by atoms with Gasteiger partial charge in [0.05, 0.1) is 12.0 Å². The number of carbonyl (C=O) groups is 2. The molecule has 0 bridgehead atoms. The SMILES string of the molecule is Cc1c(/N=C\N(C=O)CC(=N)OC(=O)NC2CC(c3ccccc3)C2)ncn1C. The van der Waals surface area contributed by atoms with Crippen LogP contribution in [-0.4, -0.2) is 51.8 Å². The summed E-state index contributed by atoms with van der Waals surface area (Å²) in [6.07, 6.45) is 4.37. The number of aliphatic imine (C=N–C) groups is 1. The van der Waals surface area contributed by atoms with Crippen LogP contribution in [0.3, 0.4) is 0 Å². The minimum Gasteiger partial charge on any atom is -0.394 e. The largest absolute Gasteiger partial charge is 0.413 e. The van der Waals surface area contributed by atoms with Crippen molar-refractivity contribution >= 4 is 30.6 Å². The second kappa shape index (κ2) is 9.13. The first-order chi connectivity index (χ1) is 14.0. The standard InChI is InChI=1S/C20H24N6O3/c1-14-19(22-11-25(14)2)23-12-26(13-27)10-18(21)29-20(28)24-17-8-16(9-17)15-6-4-3-5-7-15/h3-7,11-13,16-17,21H,8-10H2,1-2H3,(H,24,28)/b21-18?,23-12-. The lowest BCUT2D eigenvalue weighted by Crippen LogP contribution is -2.44. The van der Waals surface area contributed by atoms with Gasteiger partial charge in [0.25, 0.3) is 0 Å². The predicted molar refractivity (Wildman–Crippen MR) is 108 cm³/mol. The van der Waals surface area contributed by atoms with Crippen LogP contribution in [-0.2, 0) is 16.6 Å². The fraction of sp³-hybridized carbons (Fsp3) is 0.350. The zero-order valence-electron chi connectivity index (χ0n) is 16.4. The van der Waals surface area contributed by atoms with Crippen molar-refractivity contribution in [3.05, 3.63) is 47.9 Å². The molecule has 1 aromatic heterocycles. The van der Waals surface area contributed by atoms with Crippen molar-refractivity contribution in [2.75, 3.05) is 6.54 Å². The van der Waals surface area contributed by atoms with Gasteiger partial charge in [0.2, 0.25) is 12.3 Å². The van der Waals surface area contributed by atoms with Gasteiger partial charge in [-0.2, -0.15) is 0 Å². The van der Waals surface area contributed by atoms with E-state index in [9.17, 15) is 9.59 Å². The molecule has 0 saturated heterocycles. The van der Waals surface area contributed by atoms with Crippen LogP contribution in [0.2, 0.25) is 0 Å². The summed E-state index contributed by atoms with van der Waals surface area (Å²) < 4.78 is 6.76. The Kier molecular flexibility index (Phi) is 6.38. The van der Waals surface area contributed by atoms with E-state index in [2.05, 4.69) is 27.4 Å². The Labute approximate surface area is 168 Å². The van der Waals surface area contributed by atoms with Crippen LogP contribution in [0.25, 0.3) is 0 Å². The Bertz CT molecular complexity index is 902. The van der Waals surface area contributed by atoms with E-state index in [1.165, 1.54) is 11.9 Å². The van der Waals surface area contributed by atoms with Crippen LogP contribution in [0, 0.1) is 12.3 Å². The molecular weight excluding hydrogens is 372 g/mol. The second-order valence-electron chi connectivity index (χ2n) is 7.02. The smallest absolute Gasteiger partial charge is 0.394 e. The quantitative estimate of drug-likeness (QED) is 0.425. The van der Waals surface area contributed by atoms with Gasteiger partial charge in [-0.05, 0) is 31.2 Å². The maximum Gasteiger partial charge on any atom is 0.413 e. The summed E-state index contributed by atoms with van der Waals surface area (Å²) in [5.41, 5.74) is 2.10. The molecule has 152 valence electrons. The summed E-state index contributed by atoms with van der Waals surface area (Å²) in [6, 6.07) is 10.2. The molecule has 2 amide bonds. The van der Waals surface area contributed by atoms with Crippen molar-refractivity contribution in [2.24, 2.45) is 12.0 Å². The van der Waals surface area contributed by atoms with Gasteiger partial charge in [0.15, 0.2) is 5.82 Å². The lowest BCUT2D eigenvalue weighted by atomic mass is 9.76. The van der Waals surface area contributed by atoms with Crippen molar-refractivity contribution in [3.8, 4) is 0 Å². The number of aryl methyl sites for hydroxylation is 1. The highest BCUT2D eigenvalue weighted by atomic mass is 16.6. The second-order valence-corrected chi connectivity index (χ2v) is 7.02. The minimum atomic E-state index is -0.685. The topological polar surface area (TPSA) is 113 Å². The third-order valence-electron chi connectivity index (χ3n) is 4.94. The number of nitrogens with one attached hydrogen (secondary N) is 2. The zero-order chi connectivity index (χ0) is 20.8. The van der Waals surface area contributed by atoms with E-state index in [4.69, 9.17) is 10.1 Å². The third-order valence-corrected chi connectivity index (χ3v) is 4.94. The molecule has 29 heavy (non-hydrogen) atoms. The molecule has 1 aliphatic rings. The summed E-state index contributed by atoms with van der Waals surface area (Å²) in [5.74, 6) is 0.554. The molecule has 2 aromatic rings. The Balaban J connectivity index is 1.42. The number of aromatic nitrogens is 2. The number of amides is 2. The van der Waals surface area contributed by atoms with Crippen molar-refractivity contribution in [3.63, 3.8) is 0 Å². The van der Waals surface area contributed by atoms with Crippen molar-refractivity contribution in [1.82, 2.24) is 19.8 Å². The number of nitrogens with zero attached hydrogens (tertiary/aromatic N) is 4. The zero-order valence-corrected chi connectivity index (χ0v) is 16.4. The van der Waals surface area contributed by atoms with Gasteiger partial charge < -0.3 is 14.6 Å². The van der Waals surface area contributed by atoms with E-state index in [0.29, 0.717) is 18.1 Å². The molecule has 1 heterocycles. The van der Waals surface area contributed by atoms with E-state index in [1.54, 1.807) is 10.9 Å². The molecule has 0 atom stereocenters. The van der Waals surface area contributed by atoms with Gasteiger partial charge >= 0.3 is 6.09 Å². The van der Waals surface area contributed by atoms with Crippen LogP contribution < -0.4 is 5.32 Å². The molecule has 1 aromatic carbocycles. The van der Waals surface area contributed by atoms with E-state index in [1.807, 2.05) is 32.2 Å². The number of benzene rings is 1. The maximum absolute atomic E-state index is 12.0. The van der Waals surface area contributed by atoms with E-state index in [-0.39, 0.29) is 18.5 Å². The monoisotopic (exact) mass is 396 g/mol. The van der Waals surface area contributed by atoms with Crippen LogP contribution in [0.15, 0.2) is 41.7 Å². The average molecular weight is 396 g/mol. The highest BCUT2D eigenvalue weighted by Gasteiger charge is 2.31. The average Bonchev–Trinajstić information content (AvgIpc) is 3.00. The molecule has 3 rings (SSSR count). The van der Waals surface area contributed by atoms with Crippen LogP contribution >= 0.6 is 0 Å². The van der Waals surface area contributed by atoms with Crippen LogP contribution in [0.1, 0.15) is 30.0 Å². The lowest BCUT2D eigenvalue weighted by Gasteiger charge is -2.35. The molecule has 0 radical (unpaired) electrons. The molecule has 2 N–H and O–H groups in total. The van der Waals surface area contributed by atoms with Gasteiger partial charge in [-0.15, -0.1) is 0 Å². The molecule has 1 aliphatic carbocycles. The Hall–Kier alpha value is -3.49. The van der Waals surface area contributed by atoms with Gasteiger partial charge in [-0.25, -0.2) is 14.8 Å². The minimum absolute atomic E-state index is 0.0244. The molecule has 0 unspecified atom stereocenters. The number of hydrogen-bond acceptors (Lipinski definition) is 6. The molecule has 0 aliphatic heterocycles. The number of carbonyl (C=O) groups excluding carboxylic acids is 2. The summed E-state index contributed by atoms with van der Waals surface area (Å²) in [6.45, 7) is 1.65. The summed E-state index contributed by atoms with van der Waals surface area (Å²) in [5, 5.41) is 10.6. The van der Waals surface area contributed by atoms with E-state index < -0.39 is 6.09 Å². The van der Waals surface area contributed by atoms with Gasteiger partial charge in [0.1, 0.15) is 12.9 Å². The molecule has 1 fully saturated rings. The number of alkyl carbamates (subject to hydrolysis) is 1. The first kappa shape index (κ1) is 20.2. The lowest BCUT2D eigenvalue weighted by molar-refractivity contribution is -0.114. The van der Waals surface area contributed by atoms with Crippen LogP contribution in [0.4, 0.5) is 10.6 Å². The highest BCUT2D eigenvalue weighted by molar-refractivity contribution is 5.90. The van der Waals surface area contributed by atoms with Gasteiger partial charge in [-0.1, -0.05) is 30.3 Å². The van der Waals surface area contributed by atoms with Crippen LogP contribution in [0.5, 0.6) is 0 Å². The molecule has 0 spiro atoms. The first-order valence-electron chi connectivity index (χ1n) is 9.30. The predicted octanol–water partition coefficient (Wildman–Crippen LogP) is 2.50. The molecule has 9 nitrogen and oxygen atoms in total. The van der Waals surface area contributed by atoms with Crippen molar-refractivity contribution in [1.29, 1.82) is 5.41 Å². The summed E-state index contributed by atoms with van der Waals surface area (Å²) in [7, 11) is 1.84. The highest BCUT2D eigenvalue weighted by Crippen LogP contribution is 2.36. The number of hydrogen-bond donors (Lipinski definition) is 2. The van der Waals surface area contributed by atoms with Crippen molar-refractivity contribution < 1.29 is 14.3 Å². The van der Waals surface area contributed by atoms with Crippen molar-refractivity contribution in [2.45, 2.75) is 31.7 Å². The summed E-state index contributed by atoms with van der Waals surface area (Å²) in [4.78, 5) is 32.5. The van der Waals surface area contributed by atoms with Gasteiger partial charge in [0, 0.05) is 13.1 Å². The fourth-order valence-corrected chi connectivity index (χ4v) is 3.08.